The molecule has 3 aliphatic rings. The number of aliphatic hydroxyl groups excluding tert-OH is 1. The third-order valence-corrected chi connectivity index (χ3v) is 11.1. The minimum absolute atomic E-state index is 0.121. The molecule has 0 radical (unpaired) electrons. The number of fused-ring (bicyclic) bond motifs is 2. The summed E-state index contributed by atoms with van der Waals surface area (Å²) in [6.45, 7) is 5.46. The zero-order valence-electron chi connectivity index (χ0n) is 22.4. The maximum Gasteiger partial charge on any atom is 0.269 e. The second-order valence-electron chi connectivity index (χ2n) is 11.4. The van der Waals surface area contributed by atoms with Crippen LogP contribution in [-0.2, 0) is 26.5 Å². The van der Waals surface area contributed by atoms with Crippen LogP contribution in [0.5, 0.6) is 0 Å². The second kappa shape index (κ2) is 10.1. The van der Waals surface area contributed by atoms with E-state index in [-0.39, 0.29) is 37.2 Å². The number of aliphatic hydroxyl groups is 1. The molecule has 2 fully saturated rings. The summed E-state index contributed by atoms with van der Waals surface area (Å²) in [5.41, 5.74) is -0.838. The Bertz CT molecular complexity index is 1290. The maximum atomic E-state index is 16.0. The summed E-state index contributed by atoms with van der Waals surface area (Å²) >= 11 is 0. The van der Waals surface area contributed by atoms with Crippen molar-refractivity contribution >= 4 is 31.6 Å². The third kappa shape index (κ3) is 4.56. The van der Waals surface area contributed by atoms with Crippen molar-refractivity contribution in [3.05, 3.63) is 69.8 Å². The highest BCUT2D eigenvalue weighted by atomic mass is 28.4. The summed E-state index contributed by atoms with van der Waals surface area (Å²) in [4.78, 5) is 42.1. The molecule has 2 saturated heterocycles. The minimum Gasteiger partial charge on any atom is -0.394 e. The molecule has 11 heteroatoms. The first-order valence-electron chi connectivity index (χ1n) is 13.4. The number of hydrogen-bond donors (Lipinski definition) is 1. The number of nitro benzene ring substituents is 1. The lowest BCUT2D eigenvalue weighted by atomic mass is 9.82. The number of benzene rings is 2. The lowest BCUT2D eigenvalue weighted by molar-refractivity contribution is -0.385. The van der Waals surface area contributed by atoms with E-state index in [1.807, 2.05) is 30.3 Å². The van der Waals surface area contributed by atoms with Crippen molar-refractivity contribution < 1.29 is 28.5 Å². The highest BCUT2D eigenvalue weighted by Crippen LogP contribution is 2.60. The van der Waals surface area contributed by atoms with E-state index in [4.69, 9.17) is 4.74 Å². The fraction of sp³-hybridized carbons (Fsp3) is 0.500. The number of carbonyl (C=O) groups is 2. The minimum atomic E-state index is -3.51. The molecule has 39 heavy (non-hydrogen) atoms. The molecule has 3 aliphatic heterocycles. The molecular weight excluding hydrogens is 521 g/mol. The molecule has 0 aromatic heterocycles. The molecule has 2 aromatic rings. The molecule has 2 aromatic carbocycles. The van der Waals surface area contributed by atoms with E-state index < -0.39 is 42.4 Å². The summed E-state index contributed by atoms with van der Waals surface area (Å²) in [5.74, 6) is -1.31. The quantitative estimate of drug-likeness (QED) is 0.236. The Morgan fingerprint density at radius 1 is 1.26 bits per heavy atom. The summed E-state index contributed by atoms with van der Waals surface area (Å²) in [6, 6.07) is 13.4. The van der Waals surface area contributed by atoms with Gasteiger partial charge in [-0.3, -0.25) is 19.7 Å². The first-order chi connectivity index (χ1) is 18.5. The summed E-state index contributed by atoms with van der Waals surface area (Å²) < 4.78 is 22.6. The van der Waals surface area contributed by atoms with Crippen LogP contribution in [0.4, 0.5) is 15.5 Å². The molecule has 5 rings (SSSR count). The highest BCUT2D eigenvalue weighted by molar-refractivity contribution is 6.72. The van der Waals surface area contributed by atoms with Gasteiger partial charge in [0.05, 0.1) is 42.3 Å². The third-order valence-electron chi connectivity index (χ3n) is 8.62. The molecular formula is C28H34FN3O6Si. The van der Waals surface area contributed by atoms with Crippen molar-refractivity contribution in [2.45, 2.75) is 69.1 Å². The molecule has 0 unspecified atom stereocenters. The van der Waals surface area contributed by atoms with Gasteiger partial charge in [0.15, 0.2) is 5.60 Å². The molecule has 0 bridgehead atoms. The molecule has 1 N–H and O–H groups in total. The maximum absolute atomic E-state index is 16.0. The normalized spacial score (nSPS) is 28.4. The van der Waals surface area contributed by atoms with Crippen LogP contribution in [-0.4, -0.2) is 60.4 Å². The zero-order valence-corrected chi connectivity index (χ0v) is 23.4. The van der Waals surface area contributed by atoms with Gasteiger partial charge < -0.3 is 23.8 Å². The number of likely N-dealkylation sites (tertiary alicyclic amines) is 1. The highest BCUT2D eigenvalue weighted by Gasteiger charge is 2.67. The number of non-ortho nitro benzene ring substituents is 1. The Kier molecular flexibility index (Phi) is 7.10. The smallest absolute Gasteiger partial charge is 0.269 e. The van der Waals surface area contributed by atoms with Gasteiger partial charge in [-0.05, 0) is 37.6 Å². The van der Waals surface area contributed by atoms with Crippen molar-refractivity contribution in [2.75, 3.05) is 18.1 Å². The van der Waals surface area contributed by atoms with Gasteiger partial charge in [0, 0.05) is 35.7 Å². The fourth-order valence-electron chi connectivity index (χ4n) is 6.92. The van der Waals surface area contributed by atoms with Crippen molar-refractivity contribution in [2.24, 2.45) is 5.92 Å². The van der Waals surface area contributed by atoms with E-state index in [1.54, 1.807) is 35.9 Å². The first-order valence-corrected chi connectivity index (χ1v) is 16.4. The Morgan fingerprint density at radius 2 is 1.97 bits per heavy atom. The SMILES string of the molecule is C[C@H]1[C@H]([Si](C)(C)F)[C@@H](CC(=O)N2CCC[C@H]2CO)O[C@]12C(=O)N(Cc1ccccc1)c1ccc([N+](=O)[O-])cc12. The van der Waals surface area contributed by atoms with Gasteiger partial charge in [-0.1, -0.05) is 37.3 Å². The molecule has 1 spiro atoms. The van der Waals surface area contributed by atoms with Crippen LogP contribution < -0.4 is 4.90 Å². The molecule has 2 amide bonds. The standard InChI is InChI=1S/C28H34FN3O6Si/c1-18-26(39(2,3)29)24(15-25(34)30-13-7-10-21(30)17-33)38-28(18)22-14-20(32(36)37)11-12-23(22)31(27(28)35)16-19-8-5-4-6-9-19/h4-6,8-9,11-12,14,18,21,24,26,33H,7,10,13,15-17H2,1-3H3/t18-,21-,24+,26-,28+/m0/s1. The fourth-order valence-corrected chi connectivity index (χ4v) is 9.41. The summed E-state index contributed by atoms with van der Waals surface area (Å²) in [5, 5.41) is 21.4. The molecule has 3 heterocycles. The number of anilines is 1. The molecule has 5 atom stereocenters. The monoisotopic (exact) mass is 555 g/mol. The van der Waals surface area contributed by atoms with Crippen LogP contribution in [0.3, 0.4) is 0 Å². The topological polar surface area (TPSA) is 113 Å². The Hall–Kier alpha value is -3.15. The average molecular weight is 556 g/mol. The number of halogens is 1. The number of nitrogens with zero attached hydrogens (tertiary/aromatic N) is 3. The molecule has 208 valence electrons. The molecule has 0 saturated carbocycles. The van der Waals surface area contributed by atoms with Crippen LogP contribution in [0, 0.1) is 16.0 Å². The van der Waals surface area contributed by atoms with Gasteiger partial charge in [-0.15, -0.1) is 0 Å². The summed E-state index contributed by atoms with van der Waals surface area (Å²) in [7, 11) is -3.51. The number of carbonyl (C=O) groups excluding carboxylic acids is 2. The van der Waals surface area contributed by atoms with Gasteiger partial charge in [0.25, 0.3) is 11.6 Å². The van der Waals surface area contributed by atoms with Gasteiger partial charge in [0.1, 0.15) is 0 Å². The number of hydrogen-bond acceptors (Lipinski definition) is 6. The van der Waals surface area contributed by atoms with Crippen molar-refractivity contribution in [1.82, 2.24) is 4.90 Å². The van der Waals surface area contributed by atoms with Crippen LogP contribution in [0.1, 0.15) is 37.3 Å². The van der Waals surface area contributed by atoms with Crippen molar-refractivity contribution in [3.63, 3.8) is 0 Å². The van der Waals surface area contributed by atoms with Crippen LogP contribution in [0.2, 0.25) is 18.6 Å². The predicted molar refractivity (Wildman–Crippen MR) is 145 cm³/mol. The zero-order chi connectivity index (χ0) is 28.1. The van der Waals surface area contributed by atoms with Crippen LogP contribution in [0.25, 0.3) is 0 Å². The van der Waals surface area contributed by atoms with E-state index in [2.05, 4.69) is 0 Å². The van der Waals surface area contributed by atoms with Gasteiger partial charge in [-0.25, -0.2) is 0 Å². The average Bonchev–Trinajstić information content (AvgIpc) is 3.55. The van der Waals surface area contributed by atoms with Crippen LogP contribution in [0.15, 0.2) is 48.5 Å². The largest absolute Gasteiger partial charge is 0.394 e. The molecule has 9 nitrogen and oxygen atoms in total. The number of rotatable bonds is 7. The van der Waals surface area contributed by atoms with E-state index in [0.29, 0.717) is 24.2 Å². The van der Waals surface area contributed by atoms with E-state index >= 15 is 4.11 Å². The van der Waals surface area contributed by atoms with Gasteiger partial charge >= 0.3 is 0 Å². The van der Waals surface area contributed by atoms with E-state index in [0.717, 1.165) is 12.0 Å². The molecule has 0 aliphatic carbocycles. The Labute approximate surface area is 227 Å². The second-order valence-corrected chi connectivity index (χ2v) is 15.2. The summed E-state index contributed by atoms with van der Waals surface area (Å²) in [6.07, 6.45) is 0.473. The lowest BCUT2D eigenvalue weighted by Crippen LogP contribution is -2.45. The van der Waals surface area contributed by atoms with Gasteiger partial charge in [-0.2, -0.15) is 0 Å². The van der Waals surface area contributed by atoms with Gasteiger partial charge in [0.2, 0.25) is 14.3 Å². The van der Waals surface area contributed by atoms with E-state index in [1.165, 1.54) is 12.1 Å². The predicted octanol–water partition coefficient (Wildman–Crippen LogP) is 4.29. The number of nitro groups is 1. The van der Waals surface area contributed by atoms with E-state index in [9.17, 15) is 24.8 Å². The lowest BCUT2D eigenvalue weighted by Gasteiger charge is -2.31. The van der Waals surface area contributed by atoms with Crippen molar-refractivity contribution in [1.29, 1.82) is 0 Å². The van der Waals surface area contributed by atoms with Crippen molar-refractivity contribution in [3.8, 4) is 0 Å². The number of ether oxygens (including phenoxy) is 1. The Balaban J connectivity index is 1.58. The van der Waals surface area contributed by atoms with Crippen LogP contribution >= 0.6 is 0 Å². The number of amides is 2. The Morgan fingerprint density at radius 3 is 2.62 bits per heavy atom. The first kappa shape index (κ1) is 27.4.